The van der Waals surface area contributed by atoms with Gasteiger partial charge >= 0.3 is 0 Å². The SMILES string of the molecule is CN1OC([Si](C)(C)C)=C[C@@H]1[C@H]1O[C@@H](c2ccccc2)OC1(C)c1cc(OCc2ccccc2)ccc1OCc1ccccc1. The van der Waals surface area contributed by atoms with Gasteiger partial charge in [0.25, 0.3) is 0 Å². The van der Waals surface area contributed by atoms with Crippen molar-refractivity contribution in [2.24, 2.45) is 0 Å². The first-order valence-corrected chi connectivity index (χ1v) is 18.7. The van der Waals surface area contributed by atoms with Crippen molar-refractivity contribution in [2.75, 3.05) is 7.05 Å². The van der Waals surface area contributed by atoms with E-state index in [-0.39, 0.29) is 6.04 Å². The maximum atomic E-state index is 6.97. The molecule has 0 spiro atoms. The van der Waals surface area contributed by atoms with Crippen LogP contribution in [0.25, 0.3) is 0 Å². The molecule has 4 aromatic carbocycles. The molecule has 1 fully saturated rings. The topological polar surface area (TPSA) is 49.4 Å². The van der Waals surface area contributed by atoms with Crippen molar-refractivity contribution in [3.05, 3.63) is 143 Å². The van der Waals surface area contributed by atoms with E-state index in [9.17, 15) is 0 Å². The molecule has 1 unspecified atom stereocenters. The second-order valence-corrected chi connectivity index (χ2v) is 17.6. The first-order valence-electron chi connectivity index (χ1n) is 15.2. The van der Waals surface area contributed by atoms with E-state index in [4.69, 9.17) is 23.8 Å². The zero-order chi connectivity index (χ0) is 30.7. The zero-order valence-electron chi connectivity index (χ0n) is 26.1. The summed E-state index contributed by atoms with van der Waals surface area (Å²) in [5.41, 5.74) is 3.10. The van der Waals surface area contributed by atoms with Crippen LogP contribution in [0.2, 0.25) is 19.6 Å². The first-order chi connectivity index (χ1) is 21.2. The highest BCUT2D eigenvalue weighted by Gasteiger charge is 2.55. The van der Waals surface area contributed by atoms with Gasteiger partial charge in [0, 0.05) is 18.2 Å². The third-order valence-corrected chi connectivity index (χ3v) is 9.98. The van der Waals surface area contributed by atoms with E-state index in [1.165, 1.54) is 0 Å². The molecule has 6 nitrogen and oxygen atoms in total. The highest BCUT2D eigenvalue weighted by atomic mass is 28.3. The lowest BCUT2D eigenvalue weighted by molar-refractivity contribution is -0.129. The molecule has 0 N–H and O–H groups in total. The van der Waals surface area contributed by atoms with Gasteiger partial charge in [0.1, 0.15) is 44.5 Å². The molecule has 2 heterocycles. The number of hydrogen-bond donors (Lipinski definition) is 0. The normalized spacial score (nSPS) is 23.7. The van der Waals surface area contributed by atoms with E-state index in [1.54, 1.807) is 0 Å². The van der Waals surface area contributed by atoms with Crippen LogP contribution in [0.5, 0.6) is 11.5 Å². The Hall–Kier alpha value is -3.88. The van der Waals surface area contributed by atoms with E-state index in [1.807, 2.05) is 97.0 Å². The summed E-state index contributed by atoms with van der Waals surface area (Å²) < 4.78 is 26.7. The summed E-state index contributed by atoms with van der Waals surface area (Å²) in [7, 11) is 0.250. The van der Waals surface area contributed by atoms with E-state index in [0.29, 0.717) is 13.2 Å². The Kier molecular flexibility index (Phi) is 8.65. The van der Waals surface area contributed by atoms with Crippen LogP contribution < -0.4 is 9.47 Å². The standard InChI is InChI=1S/C37H41NO5Si/c1-37(35(32-24-34(43-38(32)2)44(3,4)5)41-36(42-37)29-19-13-8-14-20-29)31-23-30(39-25-27-15-9-6-10-16-27)21-22-33(31)40-26-28-17-11-7-12-18-28/h6-24,32,35-36H,25-26H2,1-5H3/t32-,35-,36-,37?/m1/s1. The van der Waals surface area contributed by atoms with Gasteiger partial charge in [-0.2, -0.15) is 0 Å². The maximum absolute atomic E-state index is 6.97. The quantitative estimate of drug-likeness (QED) is 0.170. The highest BCUT2D eigenvalue weighted by molar-refractivity contribution is 6.82. The van der Waals surface area contributed by atoms with Crippen LogP contribution in [-0.2, 0) is 33.1 Å². The average Bonchev–Trinajstić information content (AvgIpc) is 3.61. The molecule has 44 heavy (non-hydrogen) atoms. The molecule has 2 aliphatic rings. The summed E-state index contributed by atoms with van der Waals surface area (Å²) in [4.78, 5) is 6.33. The fourth-order valence-electron chi connectivity index (χ4n) is 5.72. The number of ether oxygens (including phenoxy) is 4. The Morgan fingerprint density at radius 2 is 1.36 bits per heavy atom. The Morgan fingerprint density at radius 1 is 0.773 bits per heavy atom. The lowest BCUT2D eigenvalue weighted by Gasteiger charge is -2.35. The number of hydroxylamine groups is 2. The van der Waals surface area contributed by atoms with Gasteiger partial charge in [-0.05, 0) is 42.3 Å². The maximum Gasteiger partial charge on any atom is 0.185 e. The molecule has 0 bridgehead atoms. The Balaban J connectivity index is 1.41. The molecule has 7 heteroatoms. The van der Waals surface area contributed by atoms with Crippen molar-refractivity contribution in [2.45, 2.75) is 63.8 Å². The molecule has 6 rings (SSSR count). The summed E-state index contributed by atoms with van der Waals surface area (Å²) in [6.45, 7) is 9.84. The summed E-state index contributed by atoms with van der Waals surface area (Å²) in [6, 6.07) is 36.3. The Morgan fingerprint density at radius 3 is 1.95 bits per heavy atom. The summed E-state index contributed by atoms with van der Waals surface area (Å²) in [5.74, 6) is 1.46. The lowest BCUT2D eigenvalue weighted by Crippen LogP contribution is -2.47. The number of hydrogen-bond acceptors (Lipinski definition) is 6. The van der Waals surface area contributed by atoms with Gasteiger partial charge in [0.05, 0.1) is 11.4 Å². The summed E-state index contributed by atoms with van der Waals surface area (Å²) in [5, 5.41) is 2.95. The third-order valence-electron chi connectivity index (χ3n) is 8.24. The number of benzene rings is 4. The van der Waals surface area contributed by atoms with E-state index >= 15 is 0 Å². The molecule has 0 amide bonds. The van der Waals surface area contributed by atoms with Crippen LogP contribution in [-0.4, -0.2) is 32.3 Å². The van der Waals surface area contributed by atoms with Crippen LogP contribution in [0, 0.1) is 0 Å². The molecule has 4 atom stereocenters. The van der Waals surface area contributed by atoms with Gasteiger partial charge < -0.3 is 23.8 Å². The van der Waals surface area contributed by atoms with Crippen molar-refractivity contribution >= 4 is 8.07 Å². The lowest BCUT2D eigenvalue weighted by atomic mass is 9.85. The highest BCUT2D eigenvalue weighted by Crippen LogP contribution is 2.51. The monoisotopic (exact) mass is 607 g/mol. The van der Waals surface area contributed by atoms with Crippen LogP contribution >= 0.6 is 0 Å². The molecular weight excluding hydrogens is 566 g/mol. The Bertz CT molecular complexity index is 1570. The van der Waals surface area contributed by atoms with Gasteiger partial charge in [-0.3, -0.25) is 0 Å². The van der Waals surface area contributed by atoms with E-state index < -0.39 is 26.1 Å². The minimum absolute atomic E-state index is 0.175. The Labute approximate surface area is 261 Å². The minimum Gasteiger partial charge on any atom is -0.489 e. The molecule has 0 aliphatic carbocycles. The van der Waals surface area contributed by atoms with Crippen molar-refractivity contribution in [1.29, 1.82) is 0 Å². The van der Waals surface area contributed by atoms with Crippen molar-refractivity contribution < 1.29 is 23.8 Å². The summed E-state index contributed by atoms with van der Waals surface area (Å²) in [6.07, 6.45) is 1.25. The van der Waals surface area contributed by atoms with Crippen molar-refractivity contribution in [1.82, 2.24) is 5.06 Å². The third kappa shape index (κ3) is 6.47. The predicted molar refractivity (Wildman–Crippen MR) is 175 cm³/mol. The molecule has 1 saturated heterocycles. The van der Waals surface area contributed by atoms with Crippen molar-refractivity contribution in [3.8, 4) is 11.5 Å². The van der Waals surface area contributed by atoms with Gasteiger partial charge in [-0.1, -0.05) is 111 Å². The van der Waals surface area contributed by atoms with Crippen LogP contribution in [0.4, 0.5) is 0 Å². The average molecular weight is 608 g/mol. The van der Waals surface area contributed by atoms with Crippen LogP contribution in [0.15, 0.2) is 121 Å². The number of rotatable bonds is 10. The van der Waals surface area contributed by atoms with Gasteiger partial charge in [0.15, 0.2) is 6.29 Å². The minimum atomic E-state index is -1.72. The van der Waals surface area contributed by atoms with E-state index in [2.05, 4.69) is 56.9 Å². The van der Waals surface area contributed by atoms with Gasteiger partial charge in [-0.15, -0.1) is 5.06 Å². The predicted octanol–water partition coefficient (Wildman–Crippen LogP) is 8.18. The van der Waals surface area contributed by atoms with Crippen molar-refractivity contribution in [3.63, 3.8) is 0 Å². The smallest absolute Gasteiger partial charge is 0.185 e. The fraction of sp³-hybridized carbons (Fsp3) is 0.297. The second kappa shape index (κ2) is 12.6. The molecule has 2 aliphatic heterocycles. The van der Waals surface area contributed by atoms with Crippen LogP contribution in [0.3, 0.4) is 0 Å². The number of nitrogens with zero attached hydrogens (tertiary/aromatic N) is 1. The first kappa shape index (κ1) is 30.2. The molecular formula is C37H41NO5Si. The molecule has 228 valence electrons. The molecule has 0 saturated carbocycles. The fourth-order valence-corrected chi connectivity index (χ4v) is 6.81. The molecule has 0 radical (unpaired) electrons. The molecule has 4 aromatic rings. The molecule has 0 aromatic heterocycles. The van der Waals surface area contributed by atoms with Gasteiger partial charge in [-0.25, -0.2) is 0 Å². The van der Waals surface area contributed by atoms with Gasteiger partial charge in [0.2, 0.25) is 0 Å². The zero-order valence-corrected chi connectivity index (χ0v) is 27.1. The largest absolute Gasteiger partial charge is 0.489 e. The second-order valence-electron chi connectivity index (χ2n) is 12.6. The number of likely N-dealkylation sites (N-methyl/N-ethyl adjacent to an activating group) is 1. The summed E-state index contributed by atoms with van der Waals surface area (Å²) >= 11 is 0. The van der Waals surface area contributed by atoms with E-state index in [0.717, 1.165) is 39.1 Å². The van der Waals surface area contributed by atoms with Crippen LogP contribution in [0.1, 0.15) is 35.5 Å².